The molecule has 0 aliphatic carbocycles. The molecule has 8 nitrogen and oxygen atoms in total. The van der Waals surface area contributed by atoms with Gasteiger partial charge in [-0.05, 0) is 42.0 Å². The van der Waals surface area contributed by atoms with Crippen LogP contribution >= 0.6 is 0 Å². The molecule has 0 atom stereocenters. The Morgan fingerprint density at radius 3 is 2.44 bits per heavy atom. The predicted octanol–water partition coefficient (Wildman–Crippen LogP) is 4.21. The number of carbonyl (C=O) groups excluding carboxylic acids is 2. The summed E-state index contributed by atoms with van der Waals surface area (Å²) >= 11 is 0. The van der Waals surface area contributed by atoms with Crippen LogP contribution in [-0.4, -0.2) is 35.3 Å². The Labute approximate surface area is 197 Å². The van der Waals surface area contributed by atoms with Gasteiger partial charge in [-0.15, -0.1) is 0 Å². The Morgan fingerprint density at radius 1 is 0.882 bits per heavy atom. The van der Waals surface area contributed by atoms with Crippen molar-refractivity contribution in [2.24, 2.45) is 0 Å². The van der Waals surface area contributed by atoms with Crippen LogP contribution in [0.15, 0.2) is 91.1 Å². The lowest BCUT2D eigenvalue weighted by molar-refractivity contribution is -0.118. The third-order valence-electron chi connectivity index (χ3n) is 4.97. The van der Waals surface area contributed by atoms with E-state index in [0.717, 1.165) is 5.56 Å². The van der Waals surface area contributed by atoms with E-state index in [0.29, 0.717) is 35.1 Å². The highest BCUT2D eigenvalue weighted by Gasteiger charge is 2.11. The fourth-order valence-electron chi connectivity index (χ4n) is 3.26. The van der Waals surface area contributed by atoms with E-state index in [-0.39, 0.29) is 18.4 Å². The van der Waals surface area contributed by atoms with Crippen LogP contribution in [0.4, 0.5) is 11.5 Å². The molecule has 0 aliphatic heterocycles. The Morgan fingerprint density at radius 2 is 1.68 bits per heavy atom. The molecule has 0 bridgehead atoms. The fraction of sp³-hybridized carbons (Fsp3) is 0.115. The van der Waals surface area contributed by atoms with E-state index < -0.39 is 0 Å². The molecule has 0 radical (unpaired) electrons. The maximum absolute atomic E-state index is 12.7. The molecule has 34 heavy (non-hydrogen) atoms. The lowest BCUT2D eigenvalue weighted by Gasteiger charge is -2.10. The number of carbonyl (C=O) groups is 2. The number of rotatable bonds is 9. The molecule has 1 aromatic heterocycles. The van der Waals surface area contributed by atoms with Crippen molar-refractivity contribution in [1.29, 1.82) is 0 Å². The molecule has 4 aromatic rings. The summed E-state index contributed by atoms with van der Waals surface area (Å²) in [6, 6.07) is 25.3. The van der Waals surface area contributed by atoms with E-state index in [2.05, 4.69) is 15.7 Å². The number of amides is 2. The molecule has 0 aliphatic rings. The summed E-state index contributed by atoms with van der Waals surface area (Å²) in [5.41, 5.74) is 2.16. The standard InChI is InChI=1S/C26H24N4O4/c1-33-23-9-5-8-21(16-23)28-25(31)18-34-22-12-10-20(11-13-22)26(32)29-24-14-15-27-30(24)17-19-6-3-2-4-7-19/h2-16H,17-18H2,1H3,(H,28,31)(H,29,32). The third kappa shape index (κ3) is 6.01. The van der Waals surface area contributed by atoms with Gasteiger partial charge >= 0.3 is 0 Å². The highest BCUT2D eigenvalue weighted by Crippen LogP contribution is 2.18. The average Bonchev–Trinajstić information content (AvgIpc) is 3.30. The summed E-state index contributed by atoms with van der Waals surface area (Å²) in [4.78, 5) is 24.8. The molecule has 0 saturated heterocycles. The molecule has 1 heterocycles. The van der Waals surface area contributed by atoms with Gasteiger partial charge in [-0.2, -0.15) is 5.10 Å². The summed E-state index contributed by atoms with van der Waals surface area (Å²) in [6.45, 7) is 0.384. The molecule has 0 unspecified atom stereocenters. The highest BCUT2D eigenvalue weighted by atomic mass is 16.5. The Hall–Kier alpha value is -4.59. The van der Waals surface area contributed by atoms with Gasteiger partial charge in [0.1, 0.15) is 17.3 Å². The minimum atomic E-state index is -0.304. The molecule has 0 saturated carbocycles. The van der Waals surface area contributed by atoms with Crippen molar-refractivity contribution in [3.63, 3.8) is 0 Å². The van der Waals surface area contributed by atoms with Crippen LogP contribution in [0.25, 0.3) is 0 Å². The third-order valence-corrected chi connectivity index (χ3v) is 4.97. The van der Waals surface area contributed by atoms with Gasteiger partial charge in [0.05, 0.1) is 19.9 Å². The van der Waals surface area contributed by atoms with Crippen molar-refractivity contribution in [2.45, 2.75) is 6.54 Å². The van der Waals surface area contributed by atoms with Crippen LogP contribution < -0.4 is 20.1 Å². The number of ether oxygens (including phenoxy) is 2. The first-order chi connectivity index (χ1) is 16.6. The number of nitrogens with one attached hydrogen (secondary N) is 2. The number of benzene rings is 3. The first-order valence-electron chi connectivity index (χ1n) is 10.6. The zero-order chi connectivity index (χ0) is 23.8. The van der Waals surface area contributed by atoms with Gasteiger partial charge in [0.15, 0.2) is 6.61 Å². The van der Waals surface area contributed by atoms with Gasteiger partial charge < -0.3 is 20.1 Å². The quantitative estimate of drug-likeness (QED) is 0.394. The molecule has 172 valence electrons. The van der Waals surface area contributed by atoms with Gasteiger partial charge in [0.25, 0.3) is 11.8 Å². The van der Waals surface area contributed by atoms with Crippen molar-refractivity contribution >= 4 is 23.3 Å². The van der Waals surface area contributed by atoms with Crippen LogP contribution in [0.3, 0.4) is 0 Å². The van der Waals surface area contributed by atoms with Crippen molar-refractivity contribution in [1.82, 2.24) is 9.78 Å². The van der Waals surface area contributed by atoms with Gasteiger partial charge in [-0.1, -0.05) is 36.4 Å². The largest absolute Gasteiger partial charge is 0.497 e. The van der Waals surface area contributed by atoms with Crippen molar-refractivity contribution in [3.8, 4) is 11.5 Å². The van der Waals surface area contributed by atoms with Crippen LogP contribution in [0.2, 0.25) is 0 Å². The monoisotopic (exact) mass is 456 g/mol. The maximum atomic E-state index is 12.7. The summed E-state index contributed by atoms with van der Waals surface area (Å²) in [7, 11) is 1.56. The van der Waals surface area contributed by atoms with Crippen molar-refractivity contribution in [3.05, 3.63) is 102 Å². The van der Waals surface area contributed by atoms with E-state index in [1.165, 1.54) is 0 Å². The van der Waals surface area contributed by atoms with E-state index in [1.807, 2.05) is 30.3 Å². The topological polar surface area (TPSA) is 94.5 Å². The molecule has 0 spiro atoms. The smallest absolute Gasteiger partial charge is 0.262 e. The van der Waals surface area contributed by atoms with Gasteiger partial charge in [0.2, 0.25) is 0 Å². The van der Waals surface area contributed by atoms with Gasteiger partial charge in [0, 0.05) is 23.4 Å². The number of methoxy groups -OCH3 is 1. The fourth-order valence-corrected chi connectivity index (χ4v) is 3.26. The van der Waals surface area contributed by atoms with Crippen LogP contribution in [0, 0.1) is 0 Å². The van der Waals surface area contributed by atoms with E-state index >= 15 is 0 Å². The first kappa shape index (κ1) is 22.6. The molecule has 4 rings (SSSR count). The molecular weight excluding hydrogens is 432 g/mol. The van der Waals surface area contributed by atoms with Crippen LogP contribution in [0.5, 0.6) is 11.5 Å². The Bertz CT molecular complexity index is 1250. The lowest BCUT2D eigenvalue weighted by atomic mass is 10.2. The number of aromatic nitrogens is 2. The molecule has 8 heteroatoms. The SMILES string of the molecule is COc1cccc(NC(=O)COc2ccc(C(=O)Nc3ccnn3Cc3ccccc3)cc2)c1. The molecular formula is C26H24N4O4. The second kappa shape index (κ2) is 10.8. The number of nitrogens with zero attached hydrogens (tertiary/aromatic N) is 2. The summed E-state index contributed by atoms with van der Waals surface area (Å²) in [6.07, 6.45) is 1.64. The second-order valence-electron chi connectivity index (χ2n) is 7.41. The number of anilines is 2. The zero-order valence-electron chi connectivity index (χ0n) is 18.6. The van der Waals surface area contributed by atoms with Crippen LogP contribution in [0.1, 0.15) is 15.9 Å². The molecule has 2 amide bonds. The highest BCUT2D eigenvalue weighted by molar-refractivity contribution is 6.03. The van der Waals surface area contributed by atoms with E-state index in [1.54, 1.807) is 72.6 Å². The minimum Gasteiger partial charge on any atom is -0.497 e. The summed E-state index contributed by atoms with van der Waals surface area (Å²) in [5.74, 6) is 1.16. The van der Waals surface area contributed by atoms with Crippen molar-refractivity contribution in [2.75, 3.05) is 24.4 Å². The minimum absolute atomic E-state index is 0.165. The predicted molar refractivity (Wildman–Crippen MR) is 129 cm³/mol. The van der Waals surface area contributed by atoms with E-state index in [9.17, 15) is 9.59 Å². The first-order valence-corrected chi connectivity index (χ1v) is 10.6. The van der Waals surface area contributed by atoms with Gasteiger partial charge in [-0.25, -0.2) is 4.68 Å². The lowest BCUT2D eigenvalue weighted by Crippen LogP contribution is -2.20. The Balaban J connectivity index is 1.30. The van der Waals surface area contributed by atoms with Crippen molar-refractivity contribution < 1.29 is 19.1 Å². The summed E-state index contributed by atoms with van der Waals surface area (Å²) in [5, 5.41) is 9.92. The zero-order valence-corrected chi connectivity index (χ0v) is 18.6. The molecule has 0 fully saturated rings. The molecule has 3 aromatic carbocycles. The molecule has 2 N–H and O–H groups in total. The number of hydrogen-bond acceptors (Lipinski definition) is 5. The van der Waals surface area contributed by atoms with E-state index in [4.69, 9.17) is 9.47 Å². The number of hydrogen-bond donors (Lipinski definition) is 2. The Kier molecular flexibility index (Phi) is 7.19. The summed E-state index contributed by atoms with van der Waals surface area (Å²) < 4.78 is 12.4. The van der Waals surface area contributed by atoms with Gasteiger partial charge in [-0.3, -0.25) is 9.59 Å². The average molecular weight is 457 g/mol. The second-order valence-corrected chi connectivity index (χ2v) is 7.41. The maximum Gasteiger partial charge on any atom is 0.262 e. The van der Waals surface area contributed by atoms with Crippen LogP contribution in [-0.2, 0) is 11.3 Å². The normalized spacial score (nSPS) is 10.4.